The van der Waals surface area contributed by atoms with E-state index in [1.807, 2.05) is 27.7 Å². The third-order valence-electron chi connectivity index (χ3n) is 5.29. The number of ether oxygens (including phenoxy) is 1. The summed E-state index contributed by atoms with van der Waals surface area (Å²) in [5.74, 6) is 3.08. The van der Waals surface area contributed by atoms with E-state index >= 15 is 0 Å². The Kier molecular flexibility index (Phi) is 10.4. The van der Waals surface area contributed by atoms with Crippen molar-refractivity contribution in [3.05, 3.63) is 11.8 Å². The van der Waals surface area contributed by atoms with Crippen LogP contribution in [0.5, 0.6) is 0 Å². The number of carbonyl (C=O) groups excluding carboxylic acids is 1. The predicted octanol–water partition coefficient (Wildman–Crippen LogP) is 6.27. The Balaban J connectivity index is 5.46. The van der Waals surface area contributed by atoms with Crippen LogP contribution in [0.1, 0.15) is 54.9 Å². The molecular formula is C23H45NO3Si2. The lowest BCUT2D eigenvalue weighted by Gasteiger charge is -2.31. The van der Waals surface area contributed by atoms with Crippen LogP contribution in [0.25, 0.3) is 0 Å². The van der Waals surface area contributed by atoms with Gasteiger partial charge in [0.25, 0.3) is 0 Å². The van der Waals surface area contributed by atoms with Crippen LogP contribution in [-0.4, -0.2) is 50.4 Å². The Bertz CT molecular complexity index is 621. The lowest BCUT2D eigenvalue weighted by atomic mass is 10.1. The lowest BCUT2D eigenvalue weighted by Crippen LogP contribution is -2.41. The van der Waals surface area contributed by atoms with E-state index in [0.717, 1.165) is 11.6 Å². The lowest BCUT2D eigenvalue weighted by molar-refractivity contribution is 0.108. The first-order valence-corrected chi connectivity index (χ1v) is 17.5. The van der Waals surface area contributed by atoms with Crippen molar-refractivity contribution in [2.24, 2.45) is 0 Å². The smallest absolute Gasteiger partial charge is 0.415 e. The third-order valence-corrected chi connectivity index (χ3v) is 11.3. The van der Waals surface area contributed by atoms with Gasteiger partial charge in [-0.3, -0.25) is 0 Å². The predicted molar refractivity (Wildman–Crippen MR) is 130 cm³/mol. The fourth-order valence-electron chi connectivity index (χ4n) is 2.81. The zero-order valence-corrected chi connectivity index (χ0v) is 22.9. The summed E-state index contributed by atoms with van der Waals surface area (Å²) in [6, 6.07) is 0.998. The van der Waals surface area contributed by atoms with Gasteiger partial charge in [-0.25, -0.2) is 4.79 Å². The van der Waals surface area contributed by atoms with Crippen molar-refractivity contribution < 1.29 is 14.6 Å². The molecule has 29 heavy (non-hydrogen) atoms. The highest BCUT2D eigenvalue weighted by Gasteiger charge is 2.33. The van der Waals surface area contributed by atoms with Crippen LogP contribution in [0.4, 0.5) is 4.79 Å². The Labute approximate surface area is 182 Å². The first-order chi connectivity index (χ1) is 12.9. The topological polar surface area (TPSA) is 49.8 Å². The van der Waals surface area contributed by atoms with E-state index in [9.17, 15) is 9.90 Å². The molecule has 0 spiro atoms. The average molecular weight is 440 g/mol. The molecule has 0 bridgehead atoms. The molecule has 1 amide bonds. The summed E-state index contributed by atoms with van der Waals surface area (Å²) < 4.78 is 5.53. The Morgan fingerprint density at radius 3 is 1.93 bits per heavy atom. The number of hydrogen-bond acceptors (Lipinski definition) is 3. The molecule has 0 rings (SSSR count). The molecular weight excluding hydrogens is 394 g/mol. The SMILES string of the molecule is CC(C)N(C(=O)O/C=C(\CC(O)C#C[Si](C)(C)C(C)(C)C)C[Si](C)(C)C)C(C)C. The second-order valence-corrected chi connectivity index (χ2v) is 21.8. The van der Waals surface area contributed by atoms with Gasteiger partial charge in [-0.2, -0.15) is 0 Å². The van der Waals surface area contributed by atoms with E-state index in [1.165, 1.54) is 0 Å². The highest BCUT2D eigenvalue weighted by Crippen LogP contribution is 2.35. The third kappa shape index (κ3) is 10.5. The highest BCUT2D eigenvalue weighted by molar-refractivity contribution is 6.87. The highest BCUT2D eigenvalue weighted by atomic mass is 28.3. The Morgan fingerprint density at radius 2 is 1.55 bits per heavy atom. The van der Waals surface area contributed by atoms with E-state index in [4.69, 9.17) is 4.74 Å². The van der Waals surface area contributed by atoms with Crippen LogP contribution < -0.4 is 0 Å². The van der Waals surface area contributed by atoms with Gasteiger partial charge in [0.15, 0.2) is 0 Å². The van der Waals surface area contributed by atoms with Crippen molar-refractivity contribution in [3.63, 3.8) is 0 Å². The minimum atomic E-state index is -1.77. The van der Waals surface area contributed by atoms with Gasteiger partial charge < -0.3 is 14.7 Å². The fourth-order valence-corrected chi connectivity index (χ4v) is 5.30. The van der Waals surface area contributed by atoms with Gasteiger partial charge in [-0.1, -0.05) is 59.4 Å². The van der Waals surface area contributed by atoms with Gasteiger partial charge >= 0.3 is 6.09 Å². The maximum atomic E-state index is 12.5. The van der Waals surface area contributed by atoms with Gasteiger partial charge in [0.05, 0.1) is 6.26 Å². The summed E-state index contributed by atoms with van der Waals surface area (Å²) in [6.07, 6.45) is 0.902. The molecule has 1 atom stereocenters. The number of hydrogen-bond donors (Lipinski definition) is 1. The van der Waals surface area contributed by atoms with Crippen LogP contribution in [-0.2, 0) is 4.74 Å². The summed E-state index contributed by atoms with van der Waals surface area (Å²) in [5.41, 5.74) is 4.35. The molecule has 1 unspecified atom stereocenters. The number of aliphatic hydroxyl groups is 1. The molecule has 0 saturated carbocycles. The number of carbonyl (C=O) groups is 1. The van der Waals surface area contributed by atoms with E-state index in [-0.39, 0.29) is 23.2 Å². The van der Waals surface area contributed by atoms with E-state index in [0.29, 0.717) is 6.42 Å². The molecule has 0 fully saturated rings. The molecule has 0 aliphatic rings. The second-order valence-electron chi connectivity index (χ2n) is 11.4. The van der Waals surface area contributed by atoms with Crippen molar-refractivity contribution in [1.82, 2.24) is 4.90 Å². The Morgan fingerprint density at radius 1 is 1.07 bits per heavy atom. The zero-order chi connectivity index (χ0) is 23.2. The first kappa shape index (κ1) is 28.0. The first-order valence-electron chi connectivity index (χ1n) is 10.7. The van der Waals surface area contributed by atoms with E-state index in [2.05, 4.69) is 65.0 Å². The zero-order valence-electron chi connectivity index (χ0n) is 20.9. The van der Waals surface area contributed by atoms with Gasteiger partial charge in [-0.05, 0) is 44.4 Å². The number of rotatable bonds is 7. The monoisotopic (exact) mass is 439 g/mol. The quantitative estimate of drug-likeness (QED) is 0.289. The minimum Gasteiger partial charge on any atom is -0.418 e. The Hall–Kier alpha value is -1.04. The normalized spacial score (nSPS) is 14.5. The molecule has 168 valence electrons. The number of amides is 1. The van der Waals surface area contributed by atoms with Crippen molar-refractivity contribution in [2.45, 2.75) is 117 Å². The second kappa shape index (κ2) is 10.8. The number of nitrogens with zero attached hydrogens (tertiary/aromatic N) is 1. The van der Waals surface area contributed by atoms with Crippen LogP contribution in [0.2, 0.25) is 43.8 Å². The van der Waals surface area contributed by atoms with Crippen molar-refractivity contribution in [3.8, 4) is 11.5 Å². The van der Waals surface area contributed by atoms with E-state index < -0.39 is 22.3 Å². The summed E-state index contributed by atoms with van der Waals surface area (Å²) in [6.45, 7) is 25.8. The summed E-state index contributed by atoms with van der Waals surface area (Å²) >= 11 is 0. The standard InChI is InChI=1S/C23H45NO3Si2/c1-18(2)24(19(3)4)22(26)27-16-20(17-28(8,9)10)15-21(25)13-14-29(11,12)23(5,6)7/h16,18-19,21,25H,15,17H2,1-12H3/b20-16+. The van der Waals surface area contributed by atoms with Gasteiger partial charge in [0.1, 0.15) is 14.2 Å². The van der Waals surface area contributed by atoms with Crippen molar-refractivity contribution in [1.29, 1.82) is 0 Å². The summed E-state index contributed by atoms with van der Waals surface area (Å²) in [5, 5.41) is 10.7. The summed E-state index contributed by atoms with van der Waals surface area (Å²) in [4.78, 5) is 14.3. The molecule has 0 aromatic carbocycles. The molecule has 0 aromatic rings. The van der Waals surface area contributed by atoms with Crippen LogP contribution in [0.3, 0.4) is 0 Å². The molecule has 0 aliphatic heterocycles. The fraction of sp³-hybridized carbons (Fsp3) is 0.783. The van der Waals surface area contributed by atoms with E-state index in [1.54, 1.807) is 11.2 Å². The maximum Gasteiger partial charge on any atom is 0.415 e. The molecule has 4 nitrogen and oxygen atoms in total. The minimum absolute atomic E-state index is 0.0670. The molecule has 1 N–H and O–H groups in total. The van der Waals surface area contributed by atoms with Crippen LogP contribution in [0.15, 0.2) is 11.8 Å². The number of aliphatic hydroxyl groups excluding tert-OH is 1. The maximum absolute atomic E-state index is 12.5. The van der Waals surface area contributed by atoms with Crippen LogP contribution in [0, 0.1) is 11.5 Å². The molecule has 0 heterocycles. The summed E-state index contributed by atoms with van der Waals surface area (Å²) in [7, 11) is -3.21. The molecule has 0 aromatic heterocycles. The van der Waals surface area contributed by atoms with Gasteiger partial charge in [0, 0.05) is 26.6 Å². The molecule has 0 saturated heterocycles. The molecule has 6 heteroatoms. The van der Waals surface area contributed by atoms with Gasteiger partial charge in [0.2, 0.25) is 0 Å². The van der Waals surface area contributed by atoms with Crippen molar-refractivity contribution >= 4 is 22.2 Å². The molecule has 0 radical (unpaired) electrons. The molecule has 0 aliphatic carbocycles. The van der Waals surface area contributed by atoms with Crippen molar-refractivity contribution in [2.75, 3.05) is 0 Å². The van der Waals surface area contributed by atoms with Crippen LogP contribution >= 0.6 is 0 Å². The van der Waals surface area contributed by atoms with Gasteiger partial charge in [-0.15, -0.1) is 5.54 Å². The average Bonchev–Trinajstić information content (AvgIpc) is 2.47. The largest absolute Gasteiger partial charge is 0.418 e.